The average Bonchev–Trinajstić information content (AvgIpc) is 3.47. The Labute approximate surface area is 171 Å². The van der Waals surface area contributed by atoms with E-state index >= 15 is 0 Å². The second kappa shape index (κ2) is 9.03. The van der Waals surface area contributed by atoms with Gasteiger partial charge in [0, 0.05) is 24.4 Å². The molecule has 1 fully saturated rings. The number of aromatic nitrogens is 2. The van der Waals surface area contributed by atoms with Crippen LogP contribution in [-0.2, 0) is 11.2 Å². The Kier molecular flexibility index (Phi) is 6.03. The van der Waals surface area contributed by atoms with Gasteiger partial charge in [0.1, 0.15) is 0 Å². The highest BCUT2D eigenvalue weighted by Crippen LogP contribution is 2.30. The molecule has 1 saturated carbocycles. The predicted molar refractivity (Wildman–Crippen MR) is 112 cm³/mol. The molecule has 1 atom stereocenters. The van der Waals surface area contributed by atoms with Gasteiger partial charge in [-0.15, -0.1) is 0 Å². The quantitative estimate of drug-likeness (QED) is 0.567. The van der Waals surface area contributed by atoms with Gasteiger partial charge in [-0.1, -0.05) is 78.7 Å². The van der Waals surface area contributed by atoms with E-state index in [-0.39, 0.29) is 17.9 Å². The zero-order valence-electron chi connectivity index (χ0n) is 16.8. The van der Waals surface area contributed by atoms with Gasteiger partial charge >= 0.3 is 0 Å². The zero-order chi connectivity index (χ0) is 20.1. The second-order valence-corrected chi connectivity index (χ2v) is 7.73. The van der Waals surface area contributed by atoms with E-state index < -0.39 is 0 Å². The third kappa shape index (κ3) is 4.56. The Bertz CT molecular complexity index is 918. The summed E-state index contributed by atoms with van der Waals surface area (Å²) in [5.41, 5.74) is 2.08. The van der Waals surface area contributed by atoms with Crippen molar-refractivity contribution in [3.05, 3.63) is 72.1 Å². The maximum absolute atomic E-state index is 13.3. The minimum atomic E-state index is 0.0146. The standard InChI is InChI=1S/C24H27N3O2/c1-18(19-10-4-2-5-11-19)27(24(28)21-14-8-9-15-21)17-16-22-25-23(26-29-22)20-12-6-3-7-13-20/h2-7,10-13,18,21H,8-9,14-17H2,1H3/t18-/m0/s1. The first-order valence-corrected chi connectivity index (χ1v) is 10.5. The lowest BCUT2D eigenvalue weighted by Gasteiger charge is -2.31. The molecule has 1 aliphatic rings. The van der Waals surface area contributed by atoms with Crippen LogP contribution in [0.25, 0.3) is 11.4 Å². The lowest BCUT2D eigenvalue weighted by atomic mass is 10.0. The Morgan fingerprint density at radius 1 is 1.07 bits per heavy atom. The number of hydrogen-bond acceptors (Lipinski definition) is 4. The number of rotatable bonds is 7. The summed E-state index contributed by atoms with van der Waals surface area (Å²) in [6, 6.07) is 20.0. The van der Waals surface area contributed by atoms with Gasteiger partial charge in [-0.25, -0.2) is 0 Å². The van der Waals surface area contributed by atoms with Crippen LogP contribution in [0.15, 0.2) is 65.2 Å². The van der Waals surface area contributed by atoms with Crippen LogP contribution in [0, 0.1) is 5.92 Å². The Balaban J connectivity index is 1.49. The monoisotopic (exact) mass is 389 g/mol. The minimum Gasteiger partial charge on any atom is -0.339 e. The number of amides is 1. The van der Waals surface area contributed by atoms with E-state index in [9.17, 15) is 4.79 Å². The molecule has 150 valence electrons. The van der Waals surface area contributed by atoms with Gasteiger partial charge in [-0.2, -0.15) is 4.98 Å². The molecule has 0 spiro atoms. The van der Waals surface area contributed by atoms with E-state index in [0.717, 1.165) is 36.8 Å². The zero-order valence-corrected chi connectivity index (χ0v) is 16.8. The van der Waals surface area contributed by atoms with Crippen LogP contribution in [0.3, 0.4) is 0 Å². The topological polar surface area (TPSA) is 59.2 Å². The lowest BCUT2D eigenvalue weighted by molar-refractivity contribution is -0.137. The van der Waals surface area contributed by atoms with Gasteiger partial charge in [0.05, 0.1) is 6.04 Å². The van der Waals surface area contributed by atoms with Crippen molar-refractivity contribution in [1.82, 2.24) is 15.0 Å². The average molecular weight is 389 g/mol. The van der Waals surface area contributed by atoms with Crippen molar-refractivity contribution in [2.45, 2.75) is 45.1 Å². The highest BCUT2D eigenvalue weighted by atomic mass is 16.5. The summed E-state index contributed by atoms with van der Waals surface area (Å²) in [6.45, 7) is 2.67. The van der Waals surface area contributed by atoms with Gasteiger partial charge in [0.25, 0.3) is 0 Å². The first-order valence-electron chi connectivity index (χ1n) is 10.5. The molecule has 2 aromatic carbocycles. The summed E-state index contributed by atoms with van der Waals surface area (Å²) in [4.78, 5) is 19.8. The smallest absolute Gasteiger partial charge is 0.228 e. The summed E-state index contributed by atoms with van der Waals surface area (Å²) in [6.07, 6.45) is 4.84. The van der Waals surface area contributed by atoms with Gasteiger partial charge in [-0.3, -0.25) is 4.79 Å². The molecule has 5 heteroatoms. The molecular formula is C24H27N3O2. The summed E-state index contributed by atoms with van der Waals surface area (Å²) in [5.74, 6) is 1.55. The van der Waals surface area contributed by atoms with E-state index in [1.807, 2.05) is 53.4 Å². The molecule has 0 N–H and O–H groups in total. The molecule has 3 aromatic rings. The summed E-state index contributed by atoms with van der Waals surface area (Å²) < 4.78 is 5.46. The van der Waals surface area contributed by atoms with E-state index in [1.54, 1.807) is 0 Å². The van der Waals surface area contributed by atoms with Crippen LogP contribution in [0.5, 0.6) is 0 Å². The molecule has 1 heterocycles. The van der Waals surface area contributed by atoms with Crippen molar-refractivity contribution in [2.24, 2.45) is 5.92 Å². The van der Waals surface area contributed by atoms with Crippen LogP contribution in [0.1, 0.15) is 50.1 Å². The summed E-state index contributed by atoms with van der Waals surface area (Å²) in [7, 11) is 0. The number of hydrogen-bond donors (Lipinski definition) is 0. The normalized spacial score (nSPS) is 15.3. The molecule has 1 amide bonds. The van der Waals surface area contributed by atoms with Crippen molar-refractivity contribution >= 4 is 5.91 Å². The first-order chi connectivity index (χ1) is 14.2. The molecule has 1 aromatic heterocycles. The molecule has 0 radical (unpaired) electrons. The van der Waals surface area contributed by atoms with Gasteiger partial charge in [0.15, 0.2) is 0 Å². The lowest BCUT2D eigenvalue weighted by Crippen LogP contribution is -2.38. The molecular weight excluding hydrogens is 362 g/mol. The van der Waals surface area contributed by atoms with Crippen molar-refractivity contribution in [3.8, 4) is 11.4 Å². The van der Waals surface area contributed by atoms with Crippen LogP contribution in [0.4, 0.5) is 0 Å². The highest BCUT2D eigenvalue weighted by Gasteiger charge is 2.30. The van der Waals surface area contributed by atoms with E-state index in [4.69, 9.17) is 4.52 Å². The third-order valence-electron chi connectivity index (χ3n) is 5.80. The van der Waals surface area contributed by atoms with Crippen molar-refractivity contribution in [1.29, 1.82) is 0 Å². The molecule has 29 heavy (non-hydrogen) atoms. The molecule has 0 saturated heterocycles. The molecule has 1 aliphatic carbocycles. The fourth-order valence-electron chi connectivity index (χ4n) is 4.09. The van der Waals surface area contributed by atoms with Crippen LogP contribution >= 0.6 is 0 Å². The molecule has 4 rings (SSSR count). The molecule has 0 bridgehead atoms. The summed E-state index contributed by atoms with van der Waals surface area (Å²) in [5, 5.41) is 4.10. The minimum absolute atomic E-state index is 0.0146. The van der Waals surface area contributed by atoms with Crippen molar-refractivity contribution in [3.63, 3.8) is 0 Å². The molecule has 5 nitrogen and oxygen atoms in total. The Morgan fingerprint density at radius 3 is 2.41 bits per heavy atom. The fraction of sp³-hybridized carbons (Fsp3) is 0.375. The van der Waals surface area contributed by atoms with Gasteiger partial charge < -0.3 is 9.42 Å². The van der Waals surface area contributed by atoms with Gasteiger partial charge in [-0.05, 0) is 25.3 Å². The summed E-state index contributed by atoms with van der Waals surface area (Å²) >= 11 is 0. The van der Waals surface area contributed by atoms with Crippen LogP contribution < -0.4 is 0 Å². The van der Waals surface area contributed by atoms with Crippen molar-refractivity contribution in [2.75, 3.05) is 6.54 Å². The maximum atomic E-state index is 13.3. The number of carbonyl (C=O) groups is 1. The van der Waals surface area contributed by atoms with Crippen molar-refractivity contribution < 1.29 is 9.32 Å². The number of nitrogens with zero attached hydrogens (tertiary/aromatic N) is 3. The number of benzene rings is 2. The molecule has 0 aliphatic heterocycles. The highest BCUT2D eigenvalue weighted by molar-refractivity contribution is 5.79. The molecule has 0 unspecified atom stereocenters. The van der Waals surface area contributed by atoms with Crippen LogP contribution in [-0.4, -0.2) is 27.5 Å². The third-order valence-corrected chi connectivity index (χ3v) is 5.80. The fourth-order valence-corrected chi connectivity index (χ4v) is 4.09. The van der Waals surface area contributed by atoms with E-state index in [2.05, 4.69) is 29.2 Å². The SMILES string of the molecule is C[C@@H](c1ccccc1)N(CCc1nc(-c2ccccc2)no1)C(=O)C1CCCC1. The van der Waals surface area contributed by atoms with E-state index in [1.165, 1.54) is 0 Å². The second-order valence-electron chi connectivity index (χ2n) is 7.73. The Hall–Kier alpha value is -2.95. The predicted octanol–water partition coefficient (Wildman–Crippen LogP) is 5.06. The first kappa shape index (κ1) is 19.4. The van der Waals surface area contributed by atoms with Crippen LogP contribution in [0.2, 0.25) is 0 Å². The number of carbonyl (C=O) groups excluding carboxylic acids is 1. The largest absolute Gasteiger partial charge is 0.339 e. The van der Waals surface area contributed by atoms with E-state index in [0.29, 0.717) is 24.7 Å². The van der Waals surface area contributed by atoms with Gasteiger partial charge in [0.2, 0.25) is 17.6 Å². The Morgan fingerprint density at radius 2 is 1.72 bits per heavy atom. The maximum Gasteiger partial charge on any atom is 0.228 e.